The highest BCUT2D eigenvalue weighted by Gasteiger charge is 2.28. The molecule has 0 saturated heterocycles. The SMILES string of the molecule is CC1C=CC(c2ccc3nnc(CC(F)F)n3c2)N1c1ccc(Cl)cc1. The second-order valence-corrected chi connectivity index (χ2v) is 6.79. The van der Waals surface area contributed by atoms with E-state index in [9.17, 15) is 8.78 Å². The van der Waals surface area contributed by atoms with E-state index in [0.717, 1.165) is 11.3 Å². The van der Waals surface area contributed by atoms with E-state index in [4.69, 9.17) is 11.6 Å². The Morgan fingerprint density at radius 1 is 1.08 bits per heavy atom. The van der Waals surface area contributed by atoms with Crippen molar-refractivity contribution >= 4 is 22.9 Å². The Kier molecular flexibility index (Phi) is 4.36. The first kappa shape index (κ1) is 17.0. The van der Waals surface area contributed by atoms with Gasteiger partial charge in [0, 0.05) is 22.9 Å². The normalized spacial score (nSPS) is 19.8. The van der Waals surface area contributed by atoms with Crippen LogP contribution in [0.5, 0.6) is 0 Å². The fraction of sp³-hybridized carbons (Fsp3) is 0.263. The van der Waals surface area contributed by atoms with Gasteiger partial charge in [-0.1, -0.05) is 29.8 Å². The van der Waals surface area contributed by atoms with Crippen LogP contribution in [0.15, 0.2) is 54.7 Å². The number of pyridine rings is 1. The monoisotopic (exact) mass is 374 g/mol. The summed E-state index contributed by atoms with van der Waals surface area (Å²) in [5.74, 6) is 0.268. The predicted molar refractivity (Wildman–Crippen MR) is 98.0 cm³/mol. The van der Waals surface area contributed by atoms with E-state index >= 15 is 0 Å². The van der Waals surface area contributed by atoms with Gasteiger partial charge in [0.05, 0.1) is 12.5 Å². The molecule has 2 atom stereocenters. The third-order valence-corrected chi connectivity index (χ3v) is 4.86. The number of halogens is 3. The molecule has 0 bridgehead atoms. The van der Waals surface area contributed by atoms with Crippen LogP contribution in [0.25, 0.3) is 5.65 Å². The third-order valence-electron chi connectivity index (χ3n) is 4.61. The summed E-state index contributed by atoms with van der Waals surface area (Å²) in [7, 11) is 0. The number of aromatic nitrogens is 3. The Labute approximate surface area is 154 Å². The number of rotatable bonds is 4. The van der Waals surface area contributed by atoms with Gasteiger partial charge in [0.25, 0.3) is 0 Å². The van der Waals surface area contributed by atoms with E-state index in [0.29, 0.717) is 10.7 Å². The standard InChI is InChI=1S/C19H17ClF2N4/c1-12-2-8-16(26(12)15-6-4-14(20)5-7-15)13-3-9-18-23-24-19(10-17(21)22)25(18)11-13/h2-9,11-12,16-17H,10H2,1H3. The fourth-order valence-electron chi connectivity index (χ4n) is 3.39. The van der Waals surface area contributed by atoms with Crippen molar-refractivity contribution in [1.29, 1.82) is 0 Å². The van der Waals surface area contributed by atoms with Crippen molar-refractivity contribution in [3.05, 3.63) is 71.2 Å². The summed E-state index contributed by atoms with van der Waals surface area (Å²) in [6.07, 6.45) is 3.24. The number of nitrogens with zero attached hydrogens (tertiary/aromatic N) is 4. The maximum Gasteiger partial charge on any atom is 0.245 e. The largest absolute Gasteiger partial charge is 0.355 e. The molecular formula is C19H17ClF2N4. The van der Waals surface area contributed by atoms with Gasteiger partial charge < -0.3 is 4.90 Å². The summed E-state index contributed by atoms with van der Waals surface area (Å²) < 4.78 is 27.2. The molecule has 0 saturated carbocycles. The lowest BCUT2D eigenvalue weighted by atomic mass is 10.1. The Bertz CT molecular complexity index is 952. The smallest absolute Gasteiger partial charge is 0.245 e. The van der Waals surface area contributed by atoms with Gasteiger partial charge in [0.1, 0.15) is 5.82 Å². The minimum absolute atomic E-state index is 0.00243. The number of hydrogen-bond acceptors (Lipinski definition) is 3. The lowest BCUT2D eigenvalue weighted by molar-refractivity contribution is 0.146. The van der Waals surface area contributed by atoms with Crippen molar-refractivity contribution in [2.24, 2.45) is 0 Å². The lowest BCUT2D eigenvalue weighted by Crippen LogP contribution is -2.30. The van der Waals surface area contributed by atoms with Crippen molar-refractivity contribution < 1.29 is 8.78 Å². The van der Waals surface area contributed by atoms with E-state index < -0.39 is 12.8 Å². The Morgan fingerprint density at radius 2 is 1.85 bits per heavy atom. The molecule has 134 valence electrons. The average molecular weight is 375 g/mol. The highest BCUT2D eigenvalue weighted by molar-refractivity contribution is 6.30. The zero-order valence-corrected chi connectivity index (χ0v) is 14.8. The molecule has 4 rings (SSSR count). The molecule has 1 aromatic carbocycles. The van der Waals surface area contributed by atoms with Gasteiger partial charge in [-0.2, -0.15) is 0 Å². The molecule has 1 aliphatic heterocycles. The maximum absolute atomic E-state index is 12.8. The summed E-state index contributed by atoms with van der Waals surface area (Å²) in [6.45, 7) is 2.12. The van der Waals surface area contributed by atoms with Crippen molar-refractivity contribution in [3.8, 4) is 0 Å². The third kappa shape index (κ3) is 3.05. The topological polar surface area (TPSA) is 33.4 Å². The van der Waals surface area contributed by atoms with E-state index in [-0.39, 0.29) is 17.9 Å². The van der Waals surface area contributed by atoms with Crippen LogP contribution in [0, 0.1) is 0 Å². The van der Waals surface area contributed by atoms with E-state index in [1.807, 2.05) is 42.6 Å². The second-order valence-electron chi connectivity index (χ2n) is 6.36. The number of benzene rings is 1. The maximum atomic E-state index is 12.8. The van der Waals surface area contributed by atoms with Gasteiger partial charge >= 0.3 is 0 Å². The minimum atomic E-state index is -2.46. The Hall–Kier alpha value is -2.47. The molecule has 2 unspecified atom stereocenters. The fourth-order valence-corrected chi connectivity index (χ4v) is 3.52. The van der Waals surface area contributed by atoms with E-state index in [1.54, 1.807) is 4.40 Å². The van der Waals surface area contributed by atoms with E-state index in [2.05, 4.69) is 34.2 Å². The quantitative estimate of drug-likeness (QED) is 0.621. The molecule has 7 heteroatoms. The van der Waals surface area contributed by atoms with E-state index in [1.165, 1.54) is 0 Å². The molecule has 0 aliphatic carbocycles. The van der Waals surface area contributed by atoms with Crippen molar-refractivity contribution in [2.75, 3.05) is 4.90 Å². The van der Waals surface area contributed by atoms with Crippen molar-refractivity contribution in [2.45, 2.75) is 31.9 Å². The minimum Gasteiger partial charge on any atom is -0.355 e. The van der Waals surface area contributed by atoms with Gasteiger partial charge in [-0.25, -0.2) is 8.78 Å². The Balaban J connectivity index is 1.73. The van der Waals surface area contributed by atoms with Gasteiger partial charge in [0.15, 0.2) is 5.65 Å². The Morgan fingerprint density at radius 3 is 2.58 bits per heavy atom. The molecule has 0 radical (unpaired) electrons. The zero-order chi connectivity index (χ0) is 18.3. The van der Waals surface area contributed by atoms with Gasteiger partial charge in [-0.15, -0.1) is 10.2 Å². The van der Waals surface area contributed by atoms with Crippen molar-refractivity contribution in [1.82, 2.24) is 14.6 Å². The molecule has 0 fully saturated rings. The summed E-state index contributed by atoms with van der Waals surface area (Å²) in [4.78, 5) is 2.26. The molecule has 26 heavy (non-hydrogen) atoms. The lowest BCUT2D eigenvalue weighted by Gasteiger charge is -2.31. The molecule has 3 heterocycles. The first-order chi connectivity index (χ1) is 12.5. The van der Waals surface area contributed by atoms with Gasteiger partial charge in [0.2, 0.25) is 6.43 Å². The summed E-state index contributed by atoms with van der Waals surface area (Å²) in [6, 6.07) is 11.7. The number of fused-ring (bicyclic) bond motifs is 1. The molecule has 1 aliphatic rings. The second kappa shape index (κ2) is 6.68. The molecule has 2 aromatic heterocycles. The van der Waals surface area contributed by atoms with Gasteiger partial charge in [-0.05, 0) is 42.8 Å². The number of anilines is 1. The summed E-state index contributed by atoms with van der Waals surface area (Å²) >= 11 is 6.01. The molecule has 3 aromatic rings. The number of alkyl halides is 2. The molecule has 0 N–H and O–H groups in total. The highest BCUT2D eigenvalue weighted by atomic mass is 35.5. The van der Waals surface area contributed by atoms with Crippen LogP contribution in [0.2, 0.25) is 5.02 Å². The summed E-state index contributed by atoms with van der Waals surface area (Å²) in [5.41, 5.74) is 2.61. The molecule has 4 nitrogen and oxygen atoms in total. The zero-order valence-electron chi connectivity index (χ0n) is 14.1. The van der Waals surface area contributed by atoms with Crippen LogP contribution in [-0.4, -0.2) is 27.1 Å². The number of hydrogen-bond donors (Lipinski definition) is 0. The molecule has 0 amide bonds. The first-order valence-electron chi connectivity index (χ1n) is 8.37. The predicted octanol–water partition coefficient (Wildman–Crippen LogP) is 4.70. The van der Waals surface area contributed by atoms with Crippen LogP contribution in [-0.2, 0) is 6.42 Å². The molecule has 0 spiro atoms. The molecular weight excluding hydrogens is 358 g/mol. The average Bonchev–Trinajstić information content (AvgIpc) is 3.19. The van der Waals surface area contributed by atoms with Crippen LogP contribution in [0.3, 0.4) is 0 Å². The highest BCUT2D eigenvalue weighted by Crippen LogP contribution is 2.36. The van der Waals surface area contributed by atoms with Crippen molar-refractivity contribution in [3.63, 3.8) is 0 Å². The summed E-state index contributed by atoms with van der Waals surface area (Å²) in [5, 5.41) is 8.55. The first-order valence-corrected chi connectivity index (χ1v) is 8.74. The van der Waals surface area contributed by atoms with Crippen LogP contribution in [0.1, 0.15) is 24.4 Å². The van der Waals surface area contributed by atoms with Gasteiger partial charge in [-0.3, -0.25) is 4.40 Å². The van der Waals surface area contributed by atoms with Crippen LogP contribution < -0.4 is 4.90 Å². The van der Waals surface area contributed by atoms with Crippen LogP contribution in [0.4, 0.5) is 14.5 Å². The van der Waals surface area contributed by atoms with Crippen LogP contribution >= 0.6 is 11.6 Å².